The van der Waals surface area contributed by atoms with Crippen molar-refractivity contribution in [2.45, 2.75) is 32.2 Å². The Morgan fingerprint density at radius 3 is 2.74 bits per heavy atom. The van der Waals surface area contributed by atoms with E-state index in [1.807, 2.05) is 6.92 Å². The number of hydrogen-bond acceptors (Lipinski definition) is 4. The summed E-state index contributed by atoms with van der Waals surface area (Å²) >= 11 is 0. The second kappa shape index (κ2) is 7.53. The normalized spacial score (nSPS) is 12.1. The van der Waals surface area contributed by atoms with E-state index in [1.54, 1.807) is 24.3 Å². The second-order valence-electron chi connectivity index (χ2n) is 4.46. The number of carboxylic acids is 1. The number of ketones is 1. The molecule has 0 spiro atoms. The molecular formula is C14H20N2O3. The minimum atomic E-state index is -0.922. The van der Waals surface area contributed by atoms with Crippen molar-refractivity contribution in [1.82, 2.24) is 5.32 Å². The van der Waals surface area contributed by atoms with Crippen LogP contribution in [0.5, 0.6) is 0 Å². The number of hydrogen-bond donors (Lipinski definition) is 3. The van der Waals surface area contributed by atoms with Crippen LogP contribution in [-0.2, 0) is 4.79 Å². The molecule has 1 unspecified atom stereocenters. The number of nitrogen functional groups attached to an aromatic ring is 1. The van der Waals surface area contributed by atoms with E-state index >= 15 is 0 Å². The lowest BCUT2D eigenvalue weighted by atomic mass is 10.1. The Labute approximate surface area is 112 Å². The Bertz CT molecular complexity index is 446. The number of rotatable bonds is 8. The molecule has 5 nitrogen and oxygen atoms in total. The summed E-state index contributed by atoms with van der Waals surface area (Å²) in [6.07, 6.45) is 2.26. The average Bonchev–Trinajstić information content (AvgIpc) is 2.38. The molecule has 1 aromatic carbocycles. The van der Waals surface area contributed by atoms with Gasteiger partial charge in [-0.3, -0.25) is 14.9 Å². The first kappa shape index (κ1) is 15.2. The van der Waals surface area contributed by atoms with Crippen molar-refractivity contribution in [1.29, 1.82) is 0 Å². The van der Waals surface area contributed by atoms with Crippen LogP contribution in [0, 0.1) is 0 Å². The van der Waals surface area contributed by atoms with Crippen molar-refractivity contribution in [2.75, 3.05) is 12.3 Å². The Kier molecular flexibility index (Phi) is 6.02. The Morgan fingerprint density at radius 2 is 2.16 bits per heavy atom. The number of nitrogens with two attached hydrogens (primary N) is 1. The predicted octanol–water partition coefficient (Wildman–Crippen LogP) is 1.68. The van der Waals surface area contributed by atoms with Crippen LogP contribution in [0.4, 0.5) is 5.69 Å². The van der Waals surface area contributed by atoms with E-state index in [4.69, 9.17) is 10.8 Å². The van der Waals surface area contributed by atoms with Crippen molar-refractivity contribution in [3.05, 3.63) is 29.8 Å². The first-order valence-electron chi connectivity index (χ1n) is 6.39. The topological polar surface area (TPSA) is 92.4 Å². The highest BCUT2D eigenvalue weighted by atomic mass is 16.4. The molecule has 0 saturated carbocycles. The van der Waals surface area contributed by atoms with Crippen LogP contribution in [-0.4, -0.2) is 29.4 Å². The minimum Gasteiger partial charge on any atom is -0.480 e. The summed E-state index contributed by atoms with van der Waals surface area (Å²) in [6, 6.07) is 5.98. The molecule has 0 aliphatic carbocycles. The van der Waals surface area contributed by atoms with Crippen molar-refractivity contribution < 1.29 is 14.7 Å². The molecule has 0 amide bonds. The van der Waals surface area contributed by atoms with Gasteiger partial charge < -0.3 is 10.8 Å². The number of carboxylic acid groups (broad SMARTS) is 1. The molecule has 0 aliphatic heterocycles. The number of benzene rings is 1. The summed E-state index contributed by atoms with van der Waals surface area (Å²) in [7, 11) is 0. The summed E-state index contributed by atoms with van der Waals surface area (Å²) < 4.78 is 0. The lowest BCUT2D eigenvalue weighted by Gasteiger charge is -2.13. The highest BCUT2D eigenvalue weighted by Gasteiger charge is 2.17. The van der Waals surface area contributed by atoms with Gasteiger partial charge >= 0.3 is 5.97 Å². The van der Waals surface area contributed by atoms with Gasteiger partial charge in [0, 0.05) is 11.3 Å². The van der Waals surface area contributed by atoms with E-state index in [0.717, 1.165) is 12.8 Å². The summed E-state index contributed by atoms with van der Waals surface area (Å²) in [6.45, 7) is 2.00. The average molecular weight is 264 g/mol. The van der Waals surface area contributed by atoms with Crippen molar-refractivity contribution in [3.63, 3.8) is 0 Å². The van der Waals surface area contributed by atoms with Gasteiger partial charge in [0.25, 0.3) is 0 Å². The molecule has 5 heteroatoms. The lowest BCUT2D eigenvalue weighted by Crippen LogP contribution is -2.39. The maximum absolute atomic E-state index is 11.9. The molecule has 0 aromatic heterocycles. The quantitative estimate of drug-likeness (QED) is 0.491. The molecule has 1 rings (SSSR count). The van der Waals surface area contributed by atoms with Crippen molar-refractivity contribution in [3.8, 4) is 0 Å². The summed E-state index contributed by atoms with van der Waals surface area (Å²) in [4.78, 5) is 22.9. The Morgan fingerprint density at radius 1 is 1.42 bits per heavy atom. The van der Waals surface area contributed by atoms with Crippen molar-refractivity contribution >= 4 is 17.4 Å². The fraction of sp³-hybridized carbons (Fsp3) is 0.429. The zero-order valence-electron chi connectivity index (χ0n) is 11.1. The van der Waals surface area contributed by atoms with Gasteiger partial charge in [-0.2, -0.15) is 0 Å². The molecule has 0 saturated heterocycles. The third-order valence-corrected chi connectivity index (χ3v) is 2.86. The number of carbonyl (C=O) groups excluding carboxylic acids is 1. The second-order valence-corrected chi connectivity index (χ2v) is 4.46. The van der Waals surface area contributed by atoms with Gasteiger partial charge in [0.05, 0.1) is 6.54 Å². The minimum absolute atomic E-state index is 0.00410. The van der Waals surface area contributed by atoms with Gasteiger partial charge in [-0.1, -0.05) is 31.9 Å². The number of nitrogens with one attached hydrogen (secondary N) is 1. The highest BCUT2D eigenvalue weighted by molar-refractivity contribution is 5.98. The third-order valence-electron chi connectivity index (χ3n) is 2.86. The maximum atomic E-state index is 11.9. The standard InChI is InChI=1S/C14H20N2O3/c1-2-3-7-12(14(18)19)16-9-13(17)10-5-4-6-11(15)8-10/h4-6,8,12,16H,2-3,7,9,15H2,1H3,(H,18,19). The Hall–Kier alpha value is -1.88. The molecule has 1 aromatic rings. The number of Topliss-reactive ketones (excluding diaryl/α,β-unsaturated/α-hetero) is 1. The third kappa shape index (κ3) is 5.09. The predicted molar refractivity (Wildman–Crippen MR) is 74.1 cm³/mol. The van der Waals surface area contributed by atoms with E-state index in [-0.39, 0.29) is 12.3 Å². The number of unbranched alkanes of at least 4 members (excludes halogenated alkanes) is 1. The molecule has 0 radical (unpaired) electrons. The van der Waals surface area contributed by atoms with E-state index < -0.39 is 12.0 Å². The zero-order chi connectivity index (χ0) is 14.3. The van der Waals surface area contributed by atoms with Gasteiger partial charge in [-0.15, -0.1) is 0 Å². The molecule has 1 atom stereocenters. The first-order valence-corrected chi connectivity index (χ1v) is 6.39. The van der Waals surface area contributed by atoms with E-state index in [1.165, 1.54) is 0 Å². The molecule has 4 N–H and O–H groups in total. The summed E-state index contributed by atoms with van der Waals surface area (Å²) in [5, 5.41) is 11.8. The SMILES string of the molecule is CCCCC(NCC(=O)c1cccc(N)c1)C(=O)O. The molecular weight excluding hydrogens is 244 g/mol. The van der Waals surface area contributed by atoms with Crippen LogP contribution in [0.3, 0.4) is 0 Å². The van der Waals surface area contributed by atoms with Crippen LogP contribution < -0.4 is 11.1 Å². The largest absolute Gasteiger partial charge is 0.480 e. The molecule has 0 aliphatic rings. The van der Waals surface area contributed by atoms with Gasteiger partial charge in [0.2, 0.25) is 0 Å². The molecule has 104 valence electrons. The number of anilines is 1. The number of aliphatic carboxylic acids is 1. The van der Waals surface area contributed by atoms with Crippen LogP contribution in [0.2, 0.25) is 0 Å². The van der Waals surface area contributed by atoms with E-state index in [0.29, 0.717) is 17.7 Å². The fourth-order valence-electron chi connectivity index (χ4n) is 1.75. The van der Waals surface area contributed by atoms with E-state index in [9.17, 15) is 9.59 Å². The first-order chi connectivity index (χ1) is 9.04. The highest BCUT2D eigenvalue weighted by Crippen LogP contribution is 2.07. The Balaban J connectivity index is 2.54. The van der Waals surface area contributed by atoms with Crippen LogP contribution in [0.15, 0.2) is 24.3 Å². The molecule has 0 bridgehead atoms. The number of carbonyl (C=O) groups is 2. The lowest BCUT2D eigenvalue weighted by molar-refractivity contribution is -0.139. The van der Waals surface area contributed by atoms with Gasteiger partial charge in [0.15, 0.2) is 5.78 Å². The summed E-state index contributed by atoms with van der Waals surface area (Å²) in [5.41, 5.74) is 6.61. The van der Waals surface area contributed by atoms with Crippen molar-refractivity contribution in [2.24, 2.45) is 0 Å². The van der Waals surface area contributed by atoms with Crippen LogP contribution in [0.25, 0.3) is 0 Å². The van der Waals surface area contributed by atoms with Crippen LogP contribution in [0.1, 0.15) is 36.5 Å². The van der Waals surface area contributed by atoms with Gasteiger partial charge in [-0.05, 0) is 18.6 Å². The summed E-state index contributed by atoms with van der Waals surface area (Å²) in [5.74, 6) is -1.08. The molecule has 19 heavy (non-hydrogen) atoms. The van der Waals surface area contributed by atoms with Crippen LogP contribution >= 0.6 is 0 Å². The molecule has 0 fully saturated rings. The van der Waals surface area contributed by atoms with E-state index in [2.05, 4.69) is 5.32 Å². The fourth-order valence-corrected chi connectivity index (χ4v) is 1.75. The van der Waals surface area contributed by atoms with Gasteiger partial charge in [-0.25, -0.2) is 0 Å². The monoisotopic (exact) mass is 264 g/mol. The molecule has 0 heterocycles. The maximum Gasteiger partial charge on any atom is 0.320 e. The van der Waals surface area contributed by atoms with Gasteiger partial charge in [0.1, 0.15) is 6.04 Å². The smallest absolute Gasteiger partial charge is 0.320 e. The zero-order valence-corrected chi connectivity index (χ0v) is 11.1.